The van der Waals surface area contributed by atoms with Crippen molar-refractivity contribution in [1.82, 2.24) is 20.0 Å². The molecule has 3 unspecified atom stereocenters. The lowest BCUT2D eigenvalue weighted by molar-refractivity contribution is -0.151. The van der Waals surface area contributed by atoms with Crippen LogP contribution in [-0.2, 0) is 36.8 Å². The molecule has 8 atom stereocenters. The molecule has 0 radical (unpaired) electrons. The monoisotopic (exact) mass is 912 g/mol. The minimum atomic E-state index is -1.16. The SMILES string of the molecule is NC(=O)[C@@H]1C(c2ccccc2)CCN1C(=O)[C@@H]1C(c2ccccc2)CCN1C(=O)[C@@H]1C(c2ccccc2)CCN1C(=O)[C@H](Cc1ccc2ccccc2c1)NC(=O)[C@@H](N)Cc1ccc(O)c(O)c1. The van der Waals surface area contributed by atoms with Crippen molar-refractivity contribution in [3.63, 3.8) is 0 Å². The van der Waals surface area contributed by atoms with Crippen molar-refractivity contribution >= 4 is 40.3 Å². The van der Waals surface area contributed by atoms with Gasteiger partial charge in [-0.2, -0.15) is 0 Å². The molecule has 0 aliphatic carbocycles. The molecular weight excluding hydrogens is 857 g/mol. The number of hydrogen-bond donors (Lipinski definition) is 5. The van der Waals surface area contributed by atoms with E-state index in [4.69, 9.17) is 11.5 Å². The van der Waals surface area contributed by atoms with Gasteiger partial charge in [-0.1, -0.05) is 140 Å². The normalized spacial score (nSPS) is 22.2. The smallest absolute Gasteiger partial charge is 0.246 e. The number of amides is 5. The van der Waals surface area contributed by atoms with Crippen LogP contribution in [0.1, 0.15) is 64.8 Å². The summed E-state index contributed by atoms with van der Waals surface area (Å²) in [4.78, 5) is 78.7. The predicted molar refractivity (Wildman–Crippen MR) is 258 cm³/mol. The van der Waals surface area contributed by atoms with Crippen LogP contribution in [0.3, 0.4) is 0 Å². The van der Waals surface area contributed by atoms with Crippen LogP contribution < -0.4 is 16.8 Å². The van der Waals surface area contributed by atoms with Gasteiger partial charge in [-0.15, -0.1) is 0 Å². The summed E-state index contributed by atoms with van der Waals surface area (Å²) >= 11 is 0. The lowest BCUT2D eigenvalue weighted by Crippen LogP contribution is -2.60. The van der Waals surface area contributed by atoms with Crippen molar-refractivity contribution < 1.29 is 34.2 Å². The molecule has 0 saturated carbocycles. The number of phenolic OH excluding ortho intramolecular Hbond substituents is 2. The number of fused-ring (bicyclic) bond motifs is 1. The number of carbonyl (C=O) groups is 5. The highest BCUT2D eigenvalue weighted by atomic mass is 16.3. The zero-order valence-corrected chi connectivity index (χ0v) is 37.6. The lowest BCUT2D eigenvalue weighted by Gasteiger charge is -2.38. The second-order valence-electron chi connectivity index (χ2n) is 18.3. The average Bonchev–Trinajstić information content (AvgIpc) is 4.14. The Kier molecular flexibility index (Phi) is 13.3. The van der Waals surface area contributed by atoms with E-state index in [1.54, 1.807) is 20.8 Å². The fourth-order valence-corrected chi connectivity index (χ4v) is 10.9. The molecule has 3 heterocycles. The van der Waals surface area contributed by atoms with Gasteiger partial charge in [0, 0.05) is 43.8 Å². The molecule has 5 amide bonds. The van der Waals surface area contributed by atoms with Crippen LogP contribution in [0.4, 0.5) is 0 Å². The van der Waals surface area contributed by atoms with E-state index < -0.39 is 65.7 Å². The fourth-order valence-electron chi connectivity index (χ4n) is 10.9. The lowest BCUT2D eigenvalue weighted by atomic mass is 9.88. The van der Waals surface area contributed by atoms with Crippen LogP contribution in [0, 0.1) is 0 Å². The highest BCUT2D eigenvalue weighted by molar-refractivity contribution is 5.98. The number of benzene rings is 6. The minimum absolute atomic E-state index is 0.00411. The molecule has 13 nitrogen and oxygen atoms in total. The van der Waals surface area contributed by atoms with E-state index in [1.165, 1.54) is 12.1 Å². The Bertz CT molecular complexity index is 2810. The standard InChI is InChI=1S/C55H56N6O7/c56-44(31-35-21-23-46(62)47(63)33-35)52(65)58-45(32-34-20-22-36-12-10-11-19-40(36)30-34)53(66)60-28-25-42(38-15-6-2-7-16-38)49(60)55(68)61-29-26-43(39-17-8-3-9-18-39)50(61)54(67)59-27-24-41(48(59)51(57)64)37-13-4-1-5-14-37/h1-23,30,33,41-45,48-50,62-63H,24-29,31-32,56H2,(H2,57,64)(H,58,65)/t41?,42?,43?,44-,45-,48-,49-,50-/m0/s1. The van der Waals surface area contributed by atoms with E-state index in [0.29, 0.717) is 24.8 Å². The molecule has 68 heavy (non-hydrogen) atoms. The molecule has 348 valence electrons. The molecule has 13 heteroatoms. The van der Waals surface area contributed by atoms with Crippen molar-refractivity contribution in [2.24, 2.45) is 11.5 Å². The van der Waals surface area contributed by atoms with Gasteiger partial charge in [0.05, 0.1) is 6.04 Å². The van der Waals surface area contributed by atoms with Crippen LogP contribution in [0.5, 0.6) is 11.5 Å². The van der Waals surface area contributed by atoms with Crippen LogP contribution in [0.2, 0.25) is 0 Å². The first-order valence-electron chi connectivity index (χ1n) is 23.4. The summed E-state index contributed by atoms with van der Waals surface area (Å²) in [5.41, 5.74) is 16.5. The summed E-state index contributed by atoms with van der Waals surface area (Å²) in [5, 5.41) is 24.9. The van der Waals surface area contributed by atoms with Gasteiger partial charge in [-0.05, 0) is 76.4 Å². The highest BCUT2D eigenvalue weighted by Gasteiger charge is 2.53. The molecule has 7 N–H and O–H groups in total. The summed E-state index contributed by atoms with van der Waals surface area (Å²) in [7, 11) is 0. The zero-order valence-electron chi connectivity index (χ0n) is 37.6. The molecule has 0 aromatic heterocycles. The van der Waals surface area contributed by atoms with Crippen LogP contribution >= 0.6 is 0 Å². The third-order valence-corrected chi connectivity index (χ3v) is 14.2. The number of likely N-dealkylation sites (tertiary alicyclic amines) is 3. The Morgan fingerprint density at radius 1 is 0.529 bits per heavy atom. The second-order valence-corrected chi connectivity index (χ2v) is 18.3. The van der Waals surface area contributed by atoms with Crippen molar-refractivity contribution in [2.75, 3.05) is 19.6 Å². The first-order valence-corrected chi connectivity index (χ1v) is 23.4. The van der Waals surface area contributed by atoms with Crippen LogP contribution in [0.25, 0.3) is 10.8 Å². The molecule has 3 saturated heterocycles. The number of primary amides is 1. The van der Waals surface area contributed by atoms with Crippen LogP contribution in [-0.4, -0.2) is 104 Å². The number of nitrogens with zero attached hydrogens (tertiary/aromatic N) is 3. The Balaban J connectivity index is 1.07. The van der Waals surface area contributed by atoms with Crippen molar-refractivity contribution in [2.45, 2.75) is 80.1 Å². The largest absolute Gasteiger partial charge is 0.504 e. The van der Waals surface area contributed by atoms with E-state index in [0.717, 1.165) is 33.0 Å². The fraction of sp³-hybridized carbons (Fsp3) is 0.291. The Labute approximate surface area is 395 Å². The maximum atomic E-state index is 15.8. The van der Waals surface area contributed by atoms with Gasteiger partial charge in [-0.3, -0.25) is 24.0 Å². The molecule has 9 rings (SSSR count). The highest BCUT2D eigenvalue weighted by Crippen LogP contribution is 2.42. The molecule has 3 aliphatic heterocycles. The van der Waals surface area contributed by atoms with E-state index in [-0.39, 0.29) is 55.8 Å². The molecule has 0 bridgehead atoms. The van der Waals surface area contributed by atoms with Crippen molar-refractivity contribution in [1.29, 1.82) is 0 Å². The van der Waals surface area contributed by atoms with Gasteiger partial charge in [0.15, 0.2) is 11.5 Å². The molecule has 6 aromatic rings. The summed E-state index contributed by atoms with van der Waals surface area (Å²) in [6.45, 7) is 0.699. The number of rotatable bonds is 13. The van der Waals surface area contributed by atoms with Crippen LogP contribution in [0.15, 0.2) is 152 Å². The van der Waals surface area contributed by atoms with E-state index in [9.17, 15) is 19.8 Å². The first-order chi connectivity index (χ1) is 33.0. The minimum Gasteiger partial charge on any atom is -0.504 e. The number of phenols is 2. The molecular formula is C55H56N6O7. The predicted octanol–water partition coefficient (Wildman–Crippen LogP) is 5.49. The number of carbonyl (C=O) groups excluding carboxylic acids is 5. The second kappa shape index (κ2) is 19.8. The summed E-state index contributed by atoms with van der Waals surface area (Å²) in [6, 6.07) is 41.4. The van der Waals surface area contributed by atoms with E-state index in [1.807, 2.05) is 133 Å². The third kappa shape index (κ3) is 9.26. The maximum Gasteiger partial charge on any atom is 0.246 e. The van der Waals surface area contributed by atoms with Gasteiger partial charge < -0.3 is 41.7 Å². The van der Waals surface area contributed by atoms with E-state index >= 15 is 14.4 Å². The third-order valence-electron chi connectivity index (χ3n) is 14.2. The number of aromatic hydroxyl groups is 2. The molecule has 6 aromatic carbocycles. The van der Waals surface area contributed by atoms with Gasteiger partial charge >= 0.3 is 0 Å². The zero-order chi connectivity index (χ0) is 47.5. The summed E-state index contributed by atoms with van der Waals surface area (Å²) < 4.78 is 0. The topological polar surface area (TPSA) is 200 Å². The Morgan fingerprint density at radius 2 is 0.985 bits per heavy atom. The molecule has 3 aliphatic rings. The number of nitrogens with one attached hydrogen (secondary N) is 1. The number of nitrogens with two attached hydrogens (primary N) is 2. The number of hydrogen-bond acceptors (Lipinski definition) is 8. The Hall–Kier alpha value is -7.51. The van der Waals surface area contributed by atoms with E-state index in [2.05, 4.69) is 5.32 Å². The summed E-state index contributed by atoms with van der Waals surface area (Å²) in [5.74, 6) is -4.29. The van der Waals surface area contributed by atoms with Gasteiger partial charge in [0.2, 0.25) is 29.5 Å². The molecule has 3 fully saturated rings. The van der Waals surface area contributed by atoms with Gasteiger partial charge in [-0.25, -0.2) is 0 Å². The first kappa shape index (κ1) is 45.6. The maximum absolute atomic E-state index is 15.8. The van der Waals surface area contributed by atoms with Gasteiger partial charge in [0.25, 0.3) is 0 Å². The summed E-state index contributed by atoms with van der Waals surface area (Å²) in [6.07, 6.45) is 1.52. The van der Waals surface area contributed by atoms with Gasteiger partial charge in [0.1, 0.15) is 24.2 Å². The van der Waals surface area contributed by atoms with Crippen molar-refractivity contribution in [3.8, 4) is 11.5 Å². The van der Waals surface area contributed by atoms with Crippen molar-refractivity contribution in [3.05, 3.63) is 179 Å². The molecule has 0 spiro atoms. The quantitative estimate of drug-likeness (QED) is 0.0938. The Morgan fingerprint density at radius 3 is 1.53 bits per heavy atom. The average molecular weight is 913 g/mol.